The third-order valence-electron chi connectivity index (χ3n) is 4.98. The molecule has 10 heteroatoms. The molecule has 0 bridgehead atoms. The van der Waals surface area contributed by atoms with E-state index < -0.39 is 17.8 Å². The summed E-state index contributed by atoms with van der Waals surface area (Å²) in [6.45, 7) is 0. The van der Waals surface area contributed by atoms with Gasteiger partial charge in [0.05, 0.1) is 25.6 Å². The molecule has 0 unspecified atom stereocenters. The molecule has 10 nitrogen and oxygen atoms in total. The summed E-state index contributed by atoms with van der Waals surface area (Å²) in [5.74, 6) is -0.304. The van der Waals surface area contributed by atoms with E-state index in [-0.39, 0.29) is 30.5 Å². The molecular weight excluding hydrogens is 474 g/mol. The highest BCUT2D eigenvalue weighted by Crippen LogP contribution is 2.24. The Morgan fingerprint density at radius 1 is 0.946 bits per heavy atom. The molecule has 0 fully saturated rings. The lowest BCUT2D eigenvalue weighted by Crippen LogP contribution is -2.39. The van der Waals surface area contributed by atoms with Crippen LogP contribution in [0.4, 0.5) is 5.69 Å². The molecule has 186 valence electrons. The molecule has 0 aliphatic carbocycles. The first-order chi connectivity index (χ1) is 18.0. The lowest BCUT2D eigenvalue weighted by atomic mass is 10.1. The number of para-hydroxylation sites is 1. The van der Waals surface area contributed by atoms with E-state index in [2.05, 4.69) is 30.3 Å². The molecule has 0 radical (unpaired) electrons. The van der Waals surface area contributed by atoms with Crippen LogP contribution in [0.1, 0.15) is 23.2 Å². The van der Waals surface area contributed by atoms with Gasteiger partial charge in [-0.25, -0.2) is 9.98 Å². The summed E-state index contributed by atoms with van der Waals surface area (Å²) in [5, 5.41) is 5.17. The highest BCUT2D eigenvalue weighted by molar-refractivity contribution is 6.20. The fraction of sp³-hybridized carbons (Fsp3) is 0.111. The number of benzene rings is 3. The van der Waals surface area contributed by atoms with Gasteiger partial charge in [-0.3, -0.25) is 25.0 Å². The Hall–Kier alpha value is -5.12. The van der Waals surface area contributed by atoms with Crippen LogP contribution in [-0.4, -0.2) is 42.5 Å². The zero-order valence-corrected chi connectivity index (χ0v) is 19.9. The molecule has 0 saturated heterocycles. The summed E-state index contributed by atoms with van der Waals surface area (Å²) in [5.41, 5.74) is 1.14. The van der Waals surface area contributed by atoms with E-state index in [0.29, 0.717) is 22.7 Å². The first-order valence-corrected chi connectivity index (χ1v) is 11.3. The van der Waals surface area contributed by atoms with Crippen LogP contribution in [-0.2, 0) is 14.3 Å². The van der Waals surface area contributed by atoms with Gasteiger partial charge in [0.25, 0.3) is 5.91 Å². The number of amides is 2. The maximum atomic E-state index is 12.8. The molecule has 3 aromatic carbocycles. The van der Waals surface area contributed by atoms with E-state index in [1.165, 1.54) is 7.11 Å². The van der Waals surface area contributed by atoms with Gasteiger partial charge in [0.2, 0.25) is 17.8 Å². The minimum atomic E-state index is -0.531. The molecule has 2 N–H and O–H groups in total. The minimum Gasteiger partial charge on any atom is -0.469 e. The molecule has 3 aromatic rings. The normalized spacial score (nSPS) is 14.4. The summed E-state index contributed by atoms with van der Waals surface area (Å²) in [4.78, 5) is 49.5. The van der Waals surface area contributed by atoms with Crippen LogP contribution >= 0.6 is 0 Å². The number of esters is 1. The lowest BCUT2D eigenvalue weighted by Gasteiger charge is -2.14. The highest BCUT2D eigenvalue weighted by Gasteiger charge is 2.20. The maximum Gasteiger partial charge on any atom is 0.311 e. The zero-order valence-electron chi connectivity index (χ0n) is 19.9. The third kappa shape index (κ3) is 7.43. The van der Waals surface area contributed by atoms with Gasteiger partial charge in [0.15, 0.2) is 0 Å². The number of carbonyl (C=O) groups is 3. The number of carbonyl (C=O) groups excluding carboxylic acids is 3. The maximum absolute atomic E-state index is 12.8. The van der Waals surface area contributed by atoms with Crippen molar-refractivity contribution in [2.45, 2.75) is 12.8 Å². The van der Waals surface area contributed by atoms with Gasteiger partial charge in [-0.15, -0.1) is 0 Å². The Labute approximate surface area is 212 Å². The minimum absolute atomic E-state index is 0.0696. The summed E-state index contributed by atoms with van der Waals surface area (Å²) in [6, 6.07) is 24.7. The summed E-state index contributed by atoms with van der Waals surface area (Å²) in [6.07, 6.45) is -0.228. The van der Waals surface area contributed by atoms with Crippen LogP contribution in [0.25, 0.3) is 0 Å². The standard InChI is InChI=1S/C27H23N5O5/c1-36-24(34)17-20-16-23(33)30-26(29-20)32-27(31-25(35)18-8-4-2-5-9-18)28-19-12-14-22(15-13-19)37-21-10-6-3-7-11-21/h2-15H,16-17H2,1H3,(H2,28,30,31,32,33,35). The summed E-state index contributed by atoms with van der Waals surface area (Å²) < 4.78 is 10.4. The van der Waals surface area contributed by atoms with Crippen molar-refractivity contribution in [2.24, 2.45) is 15.0 Å². The van der Waals surface area contributed by atoms with Crippen molar-refractivity contribution in [1.82, 2.24) is 10.6 Å². The van der Waals surface area contributed by atoms with Crippen LogP contribution in [0.3, 0.4) is 0 Å². The van der Waals surface area contributed by atoms with Crippen molar-refractivity contribution in [3.8, 4) is 11.5 Å². The Bertz CT molecular complexity index is 1370. The smallest absolute Gasteiger partial charge is 0.311 e. The Balaban J connectivity index is 1.62. The molecule has 2 amide bonds. The Morgan fingerprint density at radius 2 is 1.59 bits per heavy atom. The molecule has 0 aromatic heterocycles. The number of aliphatic imine (C=N–C) groups is 3. The second-order valence-electron chi connectivity index (χ2n) is 7.76. The Kier molecular flexibility index (Phi) is 8.12. The van der Waals surface area contributed by atoms with Gasteiger partial charge in [-0.2, -0.15) is 4.99 Å². The second-order valence-corrected chi connectivity index (χ2v) is 7.76. The average molecular weight is 498 g/mol. The molecule has 1 aliphatic heterocycles. The number of methoxy groups -OCH3 is 1. The molecule has 4 rings (SSSR count). The molecule has 1 aliphatic rings. The van der Waals surface area contributed by atoms with Crippen molar-refractivity contribution in [1.29, 1.82) is 0 Å². The molecule has 0 spiro atoms. The molecule has 1 heterocycles. The fourth-order valence-electron chi connectivity index (χ4n) is 3.25. The van der Waals surface area contributed by atoms with Crippen LogP contribution in [0, 0.1) is 0 Å². The number of ether oxygens (including phenoxy) is 2. The van der Waals surface area contributed by atoms with Crippen molar-refractivity contribution >= 4 is 41.1 Å². The number of nitrogens with zero attached hydrogens (tertiary/aromatic N) is 3. The number of guanidine groups is 2. The van der Waals surface area contributed by atoms with E-state index in [4.69, 9.17) is 4.74 Å². The SMILES string of the molecule is COC(=O)CC1=NC(=NC(=Nc2ccc(Oc3ccccc3)cc2)NC(=O)c2ccccc2)NC(=O)C1. The monoisotopic (exact) mass is 497 g/mol. The number of nitrogens with one attached hydrogen (secondary N) is 2. The molecular formula is C27H23N5O5. The van der Waals surface area contributed by atoms with Crippen molar-refractivity contribution in [3.63, 3.8) is 0 Å². The first kappa shape index (κ1) is 25.0. The van der Waals surface area contributed by atoms with Crippen molar-refractivity contribution < 1.29 is 23.9 Å². The average Bonchev–Trinajstić information content (AvgIpc) is 2.90. The predicted molar refractivity (Wildman–Crippen MR) is 138 cm³/mol. The second kappa shape index (κ2) is 12.0. The van der Waals surface area contributed by atoms with Crippen molar-refractivity contribution in [3.05, 3.63) is 90.5 Å². The zero-order chi connectivity index (χ0) is 26.0. The fourth-order valence-corrected chi connectivity index (χ4v) is 3.25. The highest BCUT2D eigenvalue weighted by atomic mass is 16.5. The number of rotatable bonds is 6. The summed E-state index contributed by atoms with van der Waals surface area (Å²) >= 11 is 0. The van der Waals surface area contributed by atoms with Crippen molar-refractivity contribution in [2.75, 3.05) is 7.11 Å². The van der Waals surface area contributed by atoms with E-state index in [9.17, 15) is 14.4 Å². The lowest BCUT2D eigenvalue weighted by molar-refractivity contribution is -0.139. The van der Waals surface area contributed by atoms with Gasteiger partial charge in [0, 0.05) is 11.3 Å². The molecule has 0 saturated carbocycles. The van der Waals surface area contributed by atoms with Gasteiger partial charge in [0.1, 0.15) is 11.5 Å². The van der Waals surface area contributed by atoms with Gasteiger partial charge in [-0.05, 0) is 48.5 Å². The van der Waals surface area contributed by atoms with E-state index >= 15 is 0 Å². The largest absolute Gasteiger partial charge is 0.469 e. The van der Waals surface area contributed by atoms with Gasteiger partial charge < -0.3 is 9.47 Å². The summed E-state index contributed by atoms with van der Waals surface area (Å²) in [7, 11) is 1.25. The van der Waals surface area contributed by atoms with Crippen LogP contribution in [0.5, 0.6) is 11.5 Å². The number of hydrogen-bond donors (Lipinski definition) is 2. The molecule has 37 heavy (non-hydrogen) atoms. The van der Waals surface area contributed by atoms with Crippen LogP contribution < -0.4 is 15.4 Å². The predicted octanol–water partition coefficient (Wildman–Crippen LogP) is 3.78. The van der Waals surface area contributed by atoms with Crippen LogP contribution in [0.2, 0.25) is 0 Å². The molecule has 0 atom stereocenters. The van der Waals surface area contributed by atoms with Gasteiger partial charge in [-0.1, -0.05) is 36.4 Å². The van der Waals surface area contributed by atoms with Crippen LogP contribution in [0.15, 0.2) is 99.9 Å². The third-order valence-corrected chi connectivity index (χ3v) is 4.98. The quantitative estimate of drug-likeness (QED) is 0.304. The number of hydrogen-bond acceptors (Lipinski definition) is 6. The first-order valence-electron chi connectivity index (χ1n) is 11.3. The van der Waals surface area contributed by atoms with E-state index in [1.54, 1.807) is 54.6 Å². The van der Waals surface area contributed by atoms with Gasteiger partial charge >= 0.3 is 5.97 Å². The van der Waals surface area contributed by atoms with E-state index in [1.807, 2.05) is 30.3 Å². The van der Waals surface area contributed by atoms with E-state index in [0.717, 1.165) is 0 Å². The Morgan fingerprint density at radius 3 is 2.27 bits per heavy atom. The topological polar surface area (TPSA) is 131 Å².